The van der Waals surface area contributed by atoms with Crippen molar-refractivity contribution in [2.24, 2.45) is 0 Å². The molecular formula is C14H17N3O3. The van der Waals surface area contributed by atoms with Gasteiger partial charge in [-0.3, -0.25) is 20.2 Å². The number of rotatable bonds is 5. The van der Waals surface area contributed by atoms with Gasteiger partial charge < -0.3 is 4.74 Å². The summed E-state index contributed by atoms with van der Waals surface area (Å²) in [4.78, 5) is 10.9. The van der Waals surface area contributed by atoms with Crippen LogP contribution in [0.5, 0.6) is 5.75 Å². The van der Waals surface area contributed by atoms with Gasteiger partial charge in [-0.15, -0.1) is 0 Å². The van der Waals surface area contributed by atoms with Crippen LogP contribution in [-0.2, 0) is 0 Å². The fourth-order valence-electron chi connectivity index (χ4n) is 2.04. The Balaban J connectivity index is 2.46. The Kier molecular flexibility index (Phi) is 3.93. The van der Waals surface area contributed by atoms with Gasteiger partial charge in [-0.25, -0.2) is 0 Å². The summed E-state index contributed by atoms with van der Waals surface area (Å²) in [6.07, 6.45) is 0. The molecule has 0 aliphatic heterocycles. The van der Waals surface area contributed by atoms with E-state index < -0.39 is 4.92 Å². The van der Waals surface area contributed by atoms with E-state index in [0.717, 1.165) is 11.4 Å². The highest BCUT2D eigenvalue weighted by molar-refractivity contribution is 5.68. The maximum absolute atomic E-state index is 11.3. The summed E-state index contributed by atoms with van der Waals surface area (Å²) in [7, 11) is 0. The summed E-state index contributed by atoms with van der Waals surface area (Å²) >= 11 is 0. The van der Waals surface area contributed by atoms with Gasteiger partial charge in [0.15, 0.2) is 5.75 Å². The molecule has 0 amide bonds. The average Bonchev–Trinajstić information content (AvgIpc) is 2.71. The van der Waals surface area contributed by atoms with Gasteiger partial charge in [0.2, 0.25) is 0 Å². The molecule has 0 radical (unpaired) electrons. The van der Waals surface area contributed by atoms with E-state index in [1.807, 2.05) is 26.0 Å². The van der Waals surface area contributed by atoms with Crippen molar-refractivity contribution in [3.8, 4) is 5.75 Å². The van der Waals surface area contributed by atoms with Crippen molar-refractivity contribution < 1.29 is 9.66 Å². The van der Waals surface area contributed by atoms with Gasteiger partial charge in [0.1, 0.15) is 5.69 Å². The van der Waals surface area contributed by atoms with E-state index in [1.54, 1.807) is 29.8 Å². The zero-order valence-electron chi connectivity index (χ0n) is 11.7. The third-order valence-corrected chi connectivity index (χ3v) is 2.98. The molecule has 0 unspecified atom stereocenters. The van der Waals surface area contributed by atoms with Crippen molar-refractivity contribution in [2.75, 3.05) is 12.0 Å². The standard InChI is InChI=1S/C14H17N3O3/c1-4-20-13-7-5-6-12(14(13)17(18)19)15-16-10(2)8-9-11(16)3/h5-9,15H,4H2,1-3H3. The molecule has 2 rings (SSSR count). The fourth-order valence-corrected chi connectivity index (χ4v) is 2.04. The second kappa shape index (κ2) is 5.64. The van der Waals surface area contributed by atoms with Crippen LogP contribution in [0.3, 0.4) is 0 Å². The summed E-state index contributed by atoms with van der Waals surface area (Å²) in [6.45, 7) is 6.03. The first-order valence-corrected chi connectivity index (χ1v) is 6.36. The summed E-state index contributed by atoms with van der Waals surface area (Å²) in [5.41, 5.74) is 5.36. The number of nitrogens with one attached hydrogen (secondary N) is 1. The minimum atomic E-state index is -0.429. The molecule has 1 heterocycles. The molecule has 0 atom stereocenters. The maximum atomic E-state index is 11.3. The molecular weight excluding hydrogens is 258 g/mol. The number of anilines is 1. The van der Waals surface area contributed by atoms with Crippen LogP contribution in [0.2, 0.25) is 0 Å². The Morgan fingerprint density at radius 1 is 1.25 bits per heavy atom. The van der Waals surface area contributed by atoms with Gasteiger partial charge >= 0.3 is 5.69 Å². The predicted octanol–water partition coefficient (Wildman–Crippen LogP) is 3.29. The minimum Gasteiger partial charge on any atom is -0.487 e. The van der Waals surface area contributed by atoms with Gasteiger partial charge in [-0.1, -0.05) is 6.07 Å². The molecule has 6 heteroatoms. The van der Waals surface area contributed by atoms with Crippen LogP contribution < -0.4 is 10.2 Å². The highest BCUT2D eigenvalue weighted by atomic mass is 16.6. The van der Waals surface area contributed by atoms with Gasteiger partial charge in [0.25, 0.3) is 0 Å². The van der Waals surface area contributed by atoms with Crippen molar-refractivity contribution in [1.29, 1.82) is 0 Å². The number of ether oxygens (including phenoxy) is 1. The van der Waals surface area contributed by atoms with Crippen LogP contribution in [0, 0.1) is 24.0 Å². The number of hydrogen-bond acceptors (Lipinski definition) is 4. The summed E-state index contributed by atoms with van der Waals surface area (Å²) in [5.74, 6) is 0.268. The lowest BCUT2D eigenvalue weighted by Crippen LogP contribution is -2.14. The van der Waals surface area contributed by atoms with Gasteiger partial charge in [-0.05, 0) is 45.0 Å². The molecule has 2 aromatic rings. The number of para-hydroxylation sites is 1. The SMILES string of the molecule is CCOc1cccc(Nn2c(C)ccc2C)c1[N+](=O)[O-]. The number of nitro benzene ring substituents is 1. The zero-order valence-corrected chi connectivity index (χ0v) is 11.7. The zero-order chi connectivity index (χ0) is 14.7. The molecule has 0 spiro atoms. The van der Waals surface area contributed by atoms with E-state index in [0.29, 0.717) is 12.3 Å². The number of aryl methyl sites for hydroxylation is 2. The smallest absolute Gasteiger partial charge is 0.335 e. The minimum absolute atomic E-state index is 0.0538. The third kappa shape index (κ3) is 2.59. The number of nitro groups is 1. The molecule has 0 bridgehead atoms. The van der Waals surface area contributed by atoms with Crippen LogP contribution in [0.15, 0.2) is 30.3 Å². The van der Waals surface area contributed by atoms with Crippen LogP contribution in [0.25, 0.3) is 0 Å². The third-order valence-electron chi connectivity index (χ3n) is 2.98. The van der Waals surface area contributed by atoms with Crippen LogP contribution in [-0.4, -0.2) is 16.2 Å². The van der Waals surface area contributed by atoms with E-state index >= 15 is 0 Å². The summed E-state index contributed by atoms with van der Waals surface area (Å²) < 4.78 is 7.13. The number of hydrogen-bond donors (Lipinski definition) is 1. The molecule has 106 valence electrons. The normalized spacial score (nSPS) is 10.3. The second-order valence-corrected chi connectivity index (χ2v) is 4.41. The maximum Gasteiger partial charge on any atom is 0.335 e. The highest BCUT2D eigenvalue weighted by Crippen LogP contribution is 2.35. The van der Waals surface area contributed by atoms with E-state index in [1.165, 1.54) is 0 Å². The lowest BCUT2D eigenvalue weighted by atomic mass is 10.2. The van der Waals surface area contributed by atoms with Crippen LogP contribution in [0.4, 0.5) is 11.4 Å². The van der Waals surface area contributed by atoms with Gasteiger partial charge in [0.05, 0.1) is 11.5 Å². The number of aromatic nitrogens is 1. The van der Waals surface area contributed by atoms with Crippen molar-refractivity contribution >= 4 is 11.4 Å². The quantitative estimate of drug-likeness (QED) is 0.671. The van der Waals surface area contributed by atoms with Crippen molar-refractivity contribution in [2.45, 2.75) is 20.8 Å². The predicted molar refractivity (Wildman–Crippen MR) is 77.2 cm³/mol. The second-order valence-electron chi connectivity index (χ2n) is 4.41. The van der Waals surface area contributed by atoms with E-state index in [4.69, 9.17) is 4.74 Å². The van der Waals surface area contributed by atoms with Crippen LogP contribution >= 0.6 is 0 Å². The summed E-state index contributed by atoms with van der Waals surface area (Å²) in [6, 6.07) is 8.89. The molecule has 1 N–H and O–H groups in total. The van der Waals surface area contributed by atoms with Gasteiger partial charge in [-0.2, -0.15) is 0 Å². The largest absolute Gasteiger partial charge is 0.487 e. The topological polar surface area (TPSA) is 69.3 Å². The lowest BCUT2D eigenvalue weighted by molar-refractivity contribution is -0.385. The Hall–Kier alpha value is -2.50. The molecule has 1 aromatic heterocycles. The summed E-state index contributed by atoms with van der Waals surface area (Å²) in [5, 5.41) is 11.3. The Morgan fingerprint density at radius 3 is 2.45 bits per heavy atom. The molecule has 1 aromatic carbocycles. The first-order valence-electron chi connectivity index (χ1n) is 6.36. The van der Waals surface area contributed by atoms with Crippen molar-refractivity contribution in [3.05, 3.63) is 51.8 Å². The molecule has 0 aliphatic carbocycles. The number of benzene rings is 1. The molecule has 0 aliphatic rings. The lowest BCUT2D eigenvalue weighted by Gasteiger charge is -2.14. The first-order chi connectivity index (χ1) is 9.54. The molecule has 20 heavy (non-hydrogen) atoms. The molecule has 0 fully saturated rings. The Labute approximate surface area is 117 Å². The van der Waals surface area contributed by atoms with Crippen molar-refractivity contribution in [1.82, 2.24) is 4.68 Å². The van der Waals surface area contributed by atoms with E-state index in [9.17, 15) is 10.1 Å². The average molecular weight is 275 g/mol. The van der Waals surface area contributed by atoms with Gasteiger partial charge in [0, 0.05) is 11.4 Å². The van der Waals surface area contributed by atoms with Crippen molar-refractivity contribution in [3.63, 3.8) is 0 Å². The molecule has 6 nitrogen and oxygen atoms in total. The Bertz CT molecular complexity index is 615. The molecule has 0 saturated carbocycles. The number of nitrogens with zero attached hydrogens (tertiary/aromatic N) is 2. The molecule has 0 saturated heterocycles. The van der Waals surface area contributed by atoms with E-state index in [-0.39, 0.29) is 11.4 Å². The fraction of sp³-hybridized carbons (Fsp3) is 0.286. The monoisotopic (exact) mass is 275 g/mol. The van der Waals surface area contributed by atoms with E-state index in [2.05, 4.69) is 5.43 Å². The first kappa shape index (κ1) is 13.9. The highest BCUT2D eigenvalue weighted by Gasteiger charge is 2.21. The Morgan fingerprint density at radius 2 is 1.90 bits per heavy atom. The van der Waals surface area contributed by atoms with Crippen LogP contribution in [0.1, 0.15) is 18.3 Å².